The molecule has 0 unspecified atom stereocenters. The second-order valence-electron chi connectivity index (χ2n) is 4.96. The molecule has 0 aliphatic rings. The van der Waals surface area contributed by atoms with Gasteiger partial charge in [-0.05, 0) is 6.92 Å². The first-order valence-electron chi connectivity index (χ1n) is 7.42. The number of ether oxygens (including phenoxy) is 2. The standard InChI is InChI=1S/C17H20N2O5/c1-11-13(9-22-16(20)18-2)14(10-23-17(21)19-3)15(24-11)12-7-5-4-6-8-12/h4-8H,9-10H2,1-3H3,(H,18,20)(H,19,21). The van der Waals surface area contributed by atoms with E-state index in [1.165, 1.54) is 14.1 Å². The molecule has 7 heteroatoms. The van der Waals surface area contributed by atoms with Crippen LogP contribution in [0.25, 0.3) is 11.3 Å². The molecule has 0 aliphatic carbocycles. The molecule has 0 aliphatic heterocycles. The van der Waals surface area contributed by atoms with Crippen LogP contribution in [0.5, 0.6) is 0 Å². The van der Waals surface area contributed by atoms with Crippen LogP contribution in [0.15, 0.2) is 34.7 Å². The van der Waals surface area contributed by atoms with Gasteiger partial charge in [-0.3, -0.25) is 0 Å². The molecule has 0 radical (unpaired) electrons. The van der Waals surface area contributed by atoms with Crippen LogP contribution in [0.1, 0.15) is 16.9 Å². The number of carbonyl (C=O) groups is 2. The molecule has 1 heterocycles. The molecule has 0 spiro atoms. The lowest BCUT2D eigenvalue weighted by molar-refractivity contribution is 0.134. The molecule has 0 bridgehead atoms. The number of nitrogens with one attached hydrogen (secondary N) is 2. The number of alkyl carbamates (subject to hydrolysis) is 2. The van der Waals surface area contributed by atoms with Gasteiger partial charge in [-0.1, -0.05) is 30.3 Å². The summed E-state index contributed by atoms with van der Waals surface area (Å²) in [7, 11) is 2.96. The van der Waals surface area contributed by atoms with Gasteiger partial charge in [0.25, 0.3) is 0 Å². The van der Waals surface area contributed by atoms with Gasteiger partial charge in [0.15, 0.2) is 0 Å². The molecule has 7 nitrogen and oxygen atoms in total. The van der Waals surface area contributed by atoms with Crippen molar-refractivity contribution < 1.29 is 23.5 Å². The number of carbonyl (C=O) groups excluding carboxylic acids is 2. The summed E-state index contributed by atoms with van der Waals surface area (Å²) in [6, 6.07) is 9.46. The lowest BCUT2D eigenvalue weighted by Gasteiger charge is -2.08. The van der Waals surface area contributed by atoms with Crippen LogP contribution in [0, 0.1) is 6.92 Å². The van der Waals surface area contributed by atoms with E-state index < -0.39 is 12.2 Å². The van der Waals surface area contributed by atoms with Crippen molar-refractivity contribution in [3.05, 3.63) is 47.2 Å². The summed E-state index contributed by atoms with van der Waals surface area (Å²) >= 11 is 0. The van der Waals surface area contributed by atoms with E-state index in [-0.39, 0.29) is 13.2 Å². The highest BCUT2D eigenvalue weighted by Gasteiger charge is 2.21. The Morgan fingerprint density at radius 2 is 1.50 bits per heavy atom. The zero-order valence-corrected chi connectivity index (χ0v) is 13.8. The first-order valence-corrected chi connectivity index (χ1v) is 7.42. The van der Waals surface area contributed by atoms with Crippen LogP contribution in [-0.4, -0.2) is 26.3 Å². The van der Waals surface area contributed by atoms with Gasteiger partial charge >= 0.3 is 12.2 Å². The molecular formula is C17H20N2O5. The molecular weight excluding hydrogens is 312 g/mol. The number of rotatable bonds is 5. The zero-order valence-electron chi connectivity index (χ0n) is 13.8. The van der Waals surface area contributed by atoms with Crippen molar-refractivity contribution in [1.29, 1.82) is 0 Å². The number of aryl methyl sites for hydroxylation is 1. The Labute approximate surface area is 139 Å². The van der Waals surface area contributed by atoms with Gasteiger partial charge in [-0.15, -0.1) is 0 Å². The summed E-state index contributed by atoms with van der Waals surface area (Å²) < 4.78 is 16.1. The van der Waals surface area contributed by atoms with Crippen LogP contribution in [0.2, 0.25) is 0 Å². The minimum absolute atomic E-state index is 0.00762. The number of furan rings is 1. The largest absolute Gasteiger partial charge is 0.461 e. The highest BCUT2D eigenvalue weighted by atomic mass is 16.6. The van der Waals surface area contributed by atoms with Gasteiger partial charge in [0, 0.05) is 30.8 Å². The maximum absolute atomic E-state index is 11.4. The van der Waals surface area contributed by atoms with Crippen molar-refractivity contribution in [3.63, 3.8) is 0 Å². The fourth-order valence-electron chi connectivity index (χ4n) is 2.21. The predicted molar refractivity (Wildman–Crippen MR) is 87.4 cm³/mol. The van der Waals surface area contributed by atoms with Crippen molar-refractivity contribution in [2.75, 3.05) is 14.1 Å². The Hall–Kier alpha value is -2.96. The second-order valence-corrected chi connectivity index (χ2v) is 4.96. The Morgan fingerprint density at radius 1 is 0.958 bits per heavy atom. The Morgan fingerprint density at radius 3 is 2.04 bits per heavy atom. The van der Waals surface area contributed by atoms with E-state index in [1.807, 2.05) is 30.3 Å². The van der Waals surface area contributed by atoms with Crippen molar-refractivity contribution in [1.82, 2.24) is 10.6 Å². The van der Waals surface area contributed by atoms with Crippen LogP contribution in [0.3, 0.4) is 0 Å². The highest BCUT2D eigenvalue weighted by Crippen LogP contribution is 2.32. The normalized spacial score (nSPS) is 10.1. The second kappa shape index (κ2) is 8.05. The fourth-order valence-corrected chi connectivity index (χ4v) is 2.21. The summed E-state index contributed by atoms with van der Waals surface area (Å²) in [5.74, 6) is 1.20. The van der Waals surface area contributed by atoms with E-state index in [0.29, 0.717) is 22.6 Å². The molecule has 2 rings (SSSR count). The van der Waals surface area contributed by atoms with E-state index in [1.54, 1.807) is 6.92 Å². The van der Waals surface area contributed by atoms with E-state index in [2.05, 4.69) is 10.6 Å². The molecule has 1 aromatic heterocycles. The fraction of sp³-hybridized carbons (Fsp3) is 0.294. The smallest absolute Gasteiger partial charge is 0.407 e. The monoisotopic (exact) mass is 332 g/mol. The first-order chi connectivity index (χ1) is 11.6. The topological polar surface area (TPSA) is 89.8 Å². The number of hydrogen-bond acceptors (Lipinski definition) is 5. The lowest BCUT2D eigenvalue weighted by atomic mass is 10.1. The molecule has 0 atom stereocenters. The lowest BCUT2D eigenvalue weighted by Crippen LogP contribution is -2.20. The summed E-state index contributed by atoms with van der Waals surface area (Å²) in [6.07, 6.45) is -1.10. The third kappa shape index (κ3) is 4.07. The number of benzene rings is 1. The van der Waals surface area contributed by atoms with Crippen LogP contribution >= 0.6 is 0 Å². The maximum Gasteiger partial charge on any atom is 0.407 e. The third-order valence-electron chi connectivity index (χ3n) is 3.46. The van der Waals surface area contributed by atoms with Crippen LogP contribution in [0.4, 0.5) is 9.59 Å². The SMILES string of the molecule is CNC(=O)OCc1c(C)oc(-c2ccccc2)c1COC(=O)NC. The van der Waals surface area contributed by atoms with Crippen molar-refractivity contribution in [2.45, 2.75) is 20.1 Å². The zero-order chi connectivity index (χ0) is 17.5. The van der Waals surface area contributed by atoms with Gasteiger partial charge in [0.05, 0.1) is 0 Å². The first kappa shape index (κ1) is 17.4. The average molecular weight is 332 g/mol. The minimum atomic E-state index is -0.550. The van der Waals surface area contributed by atoms with Crippen LogP contribution in [-0.2, 0) is 22.7 Å². The van der Waals surface area contributed by atoms with Gasteiger partial charge in [0.1, 0.15) is 24.7 Å². The third-order valence-corrected chi connectivity index (χ3v) is 3.46. The minimum Gasteiger partial charge on any atom is -0.461 e. The predicted octanol–water partition coefficient (Wildman–Crippen LogP) is 2.97. The molecule has 1 aromatic carbocycles. The summed E-state index contributed by atoms with van der Waals surface area (Å²) in [5.41, 5.74) is 2.20. The van der Waals surface area contributed by atoms with E-state index >= 15 is 0 Å². The number of amides is 2. The van der Waals surface area contributed by atoms with Gasteiger partial charge < -0.3 is 24.5 Å². The maximum atomic E-state index is 11.4. The molecule has 24 heavy (non-hydrogen) atoms. The molecule has 0 saturated heterocycles. The summed E-state index contributed by atoms with van der Waals surface area (Å²) in [6.45, 7) is 1.81. The molecule has 0 fully saturated rings. The van der Waals surface area contributed by atoms with E-state index in [0.717, 1.165) is 5.56 Å². The van der Waals surface area contributed by atoms with E-state index in [9.17, 15) is 9.59 Å². The summed E-state index contributed by atoms with van der Waals surface area (Å²) in [4.78, 5) is 22.7. The Kier molecular flexibility index (Phi) is 5.83. The van der Waals surface area contributed by atoms with Crippen molar-refractivity contribution >= 4 is 12.2 Å². The van der Waals surface area contributed by atoms with Gasteiger partial charge in [-0.2, -0.15) is 0 Å². The average Bonchev–Trinajstić information content (AvgIpc) is 2.93. The van der Waals surface area contributed by atoms with Crippen molar-refractivity contribution in [3.8, 4) is 11.3 Å². The van der Waals surface area contributed by atoms with Gasteiger partial charge in [0.2, 0.25) is 0 Å². The molecule has 2 amide bonds. The van der Waals surface area contributed by atoms with Crippen LogP contribution < -0.4 is 10.6 Å². The van der Waals surface area contributed by atoms with Gasteiger partial charge in [-0.25, -0.2) is 9.59 Å². The Bertz CT molecular complexity index is 709. The highest BCUT2D eigenvalue weighted by molar-refractivity contribution is 5.69. The molecule has 2 aromatic rings. The molecule has 0 saturated carbocycles. The Balaban J connectivity index is 2.35. The quantitative estimate of drug-likeness (QED) is 0.878. The summed E-state index contributed by atoms with van der Waals surface area (Å²) in [5, 5.41) is 4.78. The number of hydrogen-bond donors (Lipinski definition) is 2. The molecule has 2 N–H and O–H groups in total. The molecule has 128 valence electrons. The van der Waals surface area contributed by atoms with E-state index in [4.69, 9.17) is 13.9 Å². The van der Waals surface area contributed by atoms with Crippen molar-refractivity contribution in [2.24, 2.45) is 0 Å².